The van der Waals surface area contributed by atoms with E-state index in [4.69, 9.17) is 4.74 Å². The molecule has 179 valence electrons. The molecule has 0 N–H and O–H groups in total. The first kappa shape index (κ1) is 24.1. The molecular weight excluding hydrogens is 392 g/mol. The van der Waals surface area contributed by atoms with Crippen LogP contribution in [0.2, 0.25) is 0 Å². The molecule has 3 fully saturated rings. The molecular formula is C30H47O2. The van der Waals surface area contributed by atoms with Crippen LogP contribution >= 0.6 is 0 Å². The lowest BCUT2D eigenvalue weighted by atomic mass is 9.47. The smallest absolute Gasteiger partial charge is 0.228 e. The molecule has 3 saturated carbocycles. The molecule has 0 spiro atoms. The molecule has 1 radical (unpaired) electrons. The van der Waals surface area contributed by atoms with Crippen molar-refractivity contribution in [1.29, 1.82) is 0 Å². The summed E-state index contributed by atoms with van der Waals surface area (Å²) in [6.07, 6.45) is 22.2. The van der Waals surface area contributed by atoms with Crippen LogP contribution in [0.3, 0.4) is 0 Å². The maximum Gasteiger partial charge on any atom is 0.228 e. The largest absolute Gasteiger partial charge is 0.498 e. The average molecular weight is 440 g/mol. The van der Waals surface area contributed by atoms with Gasteiger partial charge in [0.2, 0.25) is 6.29 Å². The molecule has 0 amide bonds. The summed E-state index contributed by atoms with van der Waals surface area (Å²) in [6, 6.07) is 0. The minimum atomic E-state index is 0.229. The van der Waals surface area contributed by atoms with Crippen LogP contribution in [0.15, 0.2) is 24.0 Å². The van der Waals surface area contributed by atoms with Crippen molar-refractivity contribution in [1.82, 2.24) is 0 Å². The molecule has 0 aromatic heterocycles. The summed E-state index contributed by atoms with van der Waals surface area (Å²) in [5.41, 5.74) is 2.58. The van der Waals surface area contributed by atoms with Crippen LogP contribution < -0.4 is 0 Å². The molecule has 0 aliphatic heterocycles. The fraction of sp³-hybridized carbons (Fsp3) is 0.833. The second-order valence-electron chi connectivity index (χ2n) is 12.7. The van der Waals surface area contributed by atoms with Gasteiger partial charge in [0, 0.05) is 12.5 Å². The molecule has 0 aromatic carbocycles. The Balaban J connectivity index is 1.45. The molecule has 0 bridgehead atoms. The normalized spacial score (nSPS) is 42.2. The first-order chi connectivity index (χ1) is 15.3. The Hall–Kier alpha value is -1.05. The minimum absolute atomic E-state index is 0.229. The monoisotopic (exact) mass is 439 g/mol. The summed E-state index contributed by atoms with van der Waals surface area (Å²) in [6.45, 7) is 12.6. The average Bonchev–Trinajstić information content (AvgIpc) is 3.11. The maximum absolute atomic E-state index is 10.4. The first-order valence-corrected chi connectivity index (χ1v) is 13.7. The Morgan fingerprint density at radius 2 is 1.91 bits per heavy atom. The van der Waals surface area contributed by atoms with Crippen LogP contribution in [0.1, 0.15) is 105 Å². The molecule has 0 aromatic rings. The Bertz CT molecular complexity index is 720. The predicted octanol–water partition coefficient (Wildman–Crippen LogP) is 8.04. The second kappa shape index (κ2) is 9.67. The summed E-state index contributed by atoms with van der Waals surface area (Å²) in [5, 5.41) is 0. The van der Waals surface area contributed by atoms with Gasteiger partial charge >= 0.3 is 0 Å². The third-order valence-corrected chi connectivity index (χ3v) is 10.7. The lowest BCUT2D eigenvalue weighted by Gasteiger charge is -2.58. The highest BCUT2D eigenvalue weighted by Gasteiger charge is 2.59. The lowest BCUT2D eigenvalue weighted by Crippen LogP contribution is -2.50. The molecule has 4 aliphatic rings. The number of allylic oxidation sites excluding steroid dienone is 2. The van der Waals surface area contributed by atoms with E-state index in [9.17, 15) is 4.79 Å². The highest BCUT2D eigenvalue weighted by Crippen LogP contribution is 2.67. The minimum Gasteiger partial charge on any atom is -0.498 e. The van der Waals surface area contributed by atoms with Crippen molar-refractivity contribution in [2.75, 3.05) is 0 Å². The fourth-order valence-electron chi connectivity index (χ4n) is 8.95. The van der Waals surface area contributed by atoms with Gasteiger partial charge in [-0.2, -0.15) is 0 Å². The summed E-state index contributed by atoms with van der Waals surface area (Å²) in [5.74, 6) is 5.33. The predicted molar refractivity (Wildman–Crippen MR) is 133 cm³/mol. The number of fused-ring (bicyclic) bond motifs is 5. The van der Waals surface area contributed by atoms with Gasteiger partial charge in [-0.25, -0.2) is 0 Å². The van der Waals surface area contributed by atoms with E-state index in [1.807, 2.05) is 0 Å². The quantitative estimate of drug-likeness (QED) is 0.217. The van der Waals surface area contributed by atoms with Crippen molar-refractivity contribution in [3.8, 4) is 0 Å². The van der Waals surface area contributed by atoms with Crippen LogP contribution in [0.4, 0.5) is 0 Å². The Kier molecular flexibility index (Phi) is 7.28. The maximum atomic E-state index is 10.4. The summed E-state index contributed by atoms with van der Waals surface area (Å²) < 4.78 is 5.84. The van der Waals surface area contributed by atoms with Crippen molar-refractivity contribution >= 4 is 6.29 Å². The summed E-state index contributed by atoms with van der Waals surface area (Å²) in [7, 11) is 0. The highest BCUT2D eigenvalue weighted by molar-refractivity contribution is 5.64. The molecule has 2 nitrogen and oxygen atoms in total. The molecule has 4 aliphatic carbocycles. The van der Waals surface area contributed by atoms with E-state index in [1.54, 1.807) is 18.1 Å². The zero-order valence-electron chi connectivity index (χ0n) is 21.4. The Labute approximate surface area is 197 Å². The topological polar surface area (TPSA) is 26.3 Å². The third-order valence-electron chi connectivity index (χ3n) is 10.7. The van der Waals surface area contributed by atoms with Gasteiger partial charge in [0.1, 0.15) is 6.10 Å². The van der Waals surface area contributed by atoms with Crippen LogP contribution in [-0.2, 0) is 9.53 Å². The zero-order chi connectivity index (χ0) is 22.9. The van der Waals surface area contributed by atoms with Gasteiger partial charge in [0.05, 0.1) is 6.26 Å². The van der Waals surface area contributed by atoms with E-state index in [1.165, 1.54) is 63.9 Å². The molecule has 8 atom stereocenters. The number of rotatable bonds is 8. The van der Waals surface area contributed by atoms with Gasteiger partial charge in [0.15, 0.2) is 0 Å². The standard InChI is InChI=1S/C30H47O2/c1-21(2)8-6-9-22(3)26-12-13-27-25-11-10-23-20-24(32-19-7-18-31)14-16-29(23,4)28(25)15-17-30(26,27)5/h7,10,19,21-22,24-28H,6,8-9,11-17,20H2,1-5H3/t22-,24+,25+,26-,27+,28+,29+,30-/m1/s1. The van der Waals surface area contributed by atoms with Crippen LogP contribution in [0, 0.1) is 46.3 Å². The van der Waals surface area contributed by atoms with Crippen molar-refractivity contribution < 1.29 is 9.53 Å². The number of carbonyl (C=O) groups excluding carboxylic acids is 1. The van der Waals surface area contributed by atoms with Gasteiger partial charge in [0.25, 0.3) is 0 Å². The van der Waals surface area contributed by atoms with Crippen LogP contribution in [0.5, 0.6) is 0 Å². The van der Waals surface area contributed by atoms with E-state index >= 15 is 0 Å². The molecule has 0 saturated heterocycles. The SMILES string of the molecule is CC(C)CCC[C@@H](C)[C@H]1CC[C@H]2[C@@H]3CC=C4C[C@@H](OC=C[C]=O)CC[C@]4(C)[C@H]3CC[C@]12C. The second-order valence-corrected chi connectivity index (χ2v) is 12.7. The fourth-order valence-corrected chi connectivity index (χ4v) is 8.95. The van der Waals surface area contributed by atoms with E-state index in [0.717, 1.165) is 48.3 Å². The van der Waals surface area contributed by atoms with E-state index < -0.39 is 0 Å². The number of hydrogen-bond acceptors (Lipinski definition) is 2. The lowest BCUT2D eigenvalue weighted by molar-refractivity contribution is -0.0580. The summed E-state index contributed by atoms with van der Waals surface area (Å²) >= 11 is 0. The molecule has 4 rings (SSSR count). The van der Waals surface area contributed by atoms with Gasteiger partial charge in [-0.15, -0.1) is 0 Å². The molecule has 0 unspecified atom stereocenters. The molecule has 0 heterocycles. The van der Waals surface area contributed by atoms with Gasteiger partial charge in [-0.1, -0.05) is 65.5 Å². The van der Waals surface area contributed by atoms with E-state index in [2.05, 4.69) is 40.7 Å². The van der Waals surface area contributed by atoms with Crippen molar-refractivity contribution in [3.63, 3.8) is 0 Å². The Morgan fingerprint density at radius 1 is 1.09 bits per heavy atom. The van der Waals surface area contributed by atoms with Crippen LogP contribution in [-0.4, -0.2) is 12.4 Å². The zero-order valence-corrected chi connectivity index (χ0v) is 21.4. The number of ether oxygens (including phenoxy) is 1. The van der Waals surface area contributed by atoms with Crippen molar-refractivity contribution in [2.24, 2.45) is 46.3 Å². The van der Waals surface area contributed by atoms with Crippen LogP contribution in [0.25, 0.3) is 0 Å². The van der Waals surface area contributed by atoms with Crippen molar-refractivity contribution in [3.05, 3.63) is 24.0 Å². The van der Waals surface area contributed by atoms with E-state index in [0.29, 0.717) is 10.8 Å². The third kappa shape index (κ3) is 4.37. The number of hydrogen-bond donors (Lipinski definition) is 0. The molecule has 32 heavy (non-hydrogen) atoms. The van der Waals surface area contributed by atoms with Gasteiger partial charge < -0.3 is 4.74 Å². The highest BCUT2D eigenvalue weighted by atomic mass is 16.5. The Morgan fingerprint density at radius 3 is 2.66 bits per heavy atom. The van der Waals surface area contributed by atoms with Gasteiger partial charge in [-0.3, -0.25) is 4.79 Å². The van der Waals surface area contributed by atoms with Crippen molar-refractivity contribution in [2.45, 2.75) is 111 Å². The van der Waals surface area contributed by atoms with E-state index in [-0.39, 0.29) is 6.10 Å². The summed E-state index contributed by atoms with van der Waals surface area (Å²) in [4.78, 5) is 10.4. The van der Waals surface area contributed by atoms with Gasteiger partial charge in [-0.05, 0) is 91.3 Å². The molecule has 2 heteroatoms. The first-order valence-electron chi connectivity index (χ1n) is 13.7.